The smallest absolute Gasteiger partial charge is 0.169 e. The van der Waals surface area contributed by atoms with Crippen LogP contribution in [0.25, 0.3) is 0 Å². The Morgan fingerprint density at radius 2 is 1.59 bits per heavy atom. The van der Waals surface area contributed by atoms with Crippen LogP contribution in [0.15, 0.2) is 12.1 Å². The zero-order valence-corrected chi connectivity index (χ0v) is 10.6. The number of methoxy groups -OCH3 is 3. The highest BCUT2D eigenvalue weighted by Crippen LogP contribution is 2.50. The first-order chi connectivity index (χ1) is 8.16. The molecule has 0 spiro atoms. The van der Waals surface area contributed by atoms with Crippen LogP contribution in [0.3, 0.4) is 0 Å². The Morgan fingerprint density at radius 1 is 1.00 bits per heavy atom. The Balaban J connectivity index is 2.59. The first-order valence-corrected chi connectivity index (χ1v) is 5.74. The van der Waals surface area contributed by atoms with Crippen molar-refractivity contribution in [2.75, 3.05) is 21.3 Å². The molecule has 1 fully saturated rings. The summed E-state index contributed by atoms with van der Waals surface area (Å²) in [6, 6.07) is 3.72. The largest absolute Gasteiger partial charge is 0.496 e. The molecular weight excluding hydrogens is 218 g/mol. The van der Waals surface area contributed by atoms with Gasteiger partial charge < -0.3 is 19.9 Å². The highest BCUT2D eigenvalue weighted by atomic mass is 16.5. The Bertz CT molecular complexity index is 413. The van der Waals surface area contributed by atoms with Crippen LogP contribution in [0.2, 0.25) is 0 Å². The summed E-state index contributed by atoms with van der Waals surface area (Å²) in [4.78, 5) is 0. The standard InChI is InChI=1S/C13H19NO3/c1-15-9-5-6-10(16-2)12(17-3)11(9)13(14)7-4-8-13/h5-6H,4,7-8,14H2,1-3H3. The van der Waals surface area contributed by atoms with E-state index < -0.39 is 0 Å². The number of hydrogen-bond donors (Lipinski definition) is 1. The van der Waals surface area contributed by atoms with Crippen LogP contribution in [-0.2, 0) is 5.54 Å². The predicted molar refractivity (Wildman–Crippen MR) is 65.8 cm³/mol. The third-order valence-electron chi connectivity index (χ3n) is 3.47. The molecule has 1 aliphatic carbocycles. The minimum Gasteiger partial charge on any atom is -0.496 e. The summed E-state index contributed by atoms with van der Waals surface area (Å²) < 4.78 is 16.1. The van der Waals surface area contributed by atoms with Gasteiger partial charge in [-0.2, -0.15) is 0 Å². The van der Waals surface area contributed by atoms with Crippen molar-refractivity contribution in [1.29, 1.82) is 0 Å². The van der Waals surface area contributed by atoms with Crippen molar-refractivity contribution in [1.82, 2.24) is 0 Å². The van der Waals surface area contributed by atoms with E-state index in [0.717, 1.165) is 30.6 Å². The quantitative estimate of drug-likeness (QED) is 0.870. The molecule has 0 saturated heterocycles. The molecule has 0 aromatic heterocycles. The van der Waals surface area contributed by atoms with Gasteiger partial charge in [-0.05, 0) is 31.4 Å². The summed E-state index contributed by atoms with van der Waals surface area (Å²) >= 11 is 0. The molecule has 17 heavy (non-hydrogen) atoms. The maximum absolute atomic E-state index is 6.38. The van der Waals surface area contributed by atoms with Crippen LogP contribution in [0.1, 0.15) is 24.8 Å². The number of rotatable bonds is 4. The van der Waals surface area contributed by atoms with Crippen LogP contribution in [-0.4, -0.2) is 21.3 Å². The molecular formula is C13H19NO3. The maximum Gasteiger partial charge on any atom is 0.169 e. The highest BCUT2D eigenvalue weighted by molar-refractivity contribution is 5.57. The first kappa shape index (κ1) is 12.0. The Labute approximate surface area is 102 Å². The first-order valence-electron chi connectivity index (χ1n) is 5.74. The lowest BCUT2D eigenvalue weighted by Gasteiger charge is -2.40. The number of benzene rings is 1. The van der Waals surface area contributed by atoms with Gasteiger partial charge in [0.2, 0.25) is 0 Å². The second-order valence-corrected chi connectivity index (χ2v) is 4.39. The van der Waals surface area contributed by atoms with Gasteiger partial charge in [-0.25, -0.2) is 0 Å². The van der Waals surface area contributed by atoms with Gasteiger partial charge in [0.1, 0.15) is 5.75 Å². The summed E-state index contributed by atoms with van der Waals surface area (Å²) in [6.07, 6.45) is 3.04. The Morgan fingerprint density at radius 3 is 2.00 bits per heavy atom. The molecule has 0 aliphatic heterocycles. The minimum absolute atomic E-state index is 0.342. The Kier molecular flexibility index (Phi) is 3.15. The monoisotopic (exact) mass is 237 g/mol. The van der Waals surface area contributed by atoms with Crippen molar-refractivity contribution in [3.8, 4) is 17.2 Å². The van der Waals surface area contributed by atoms with Crippen molar-refractivity contribution in [3.63, 3.8) is 0 Å². The SMILES string of the molecule is COc1ccc(OC)c(C2(N)CCC2)c1OC. The molecule has 1 aromatic carbocycles. The summed E-state index contributed by atoms with van der Waals surface area (Å²) in [6.45, 7) is 0. The van der Waals surface area contributed by atoms with Crippen molar-refractivity contribution in [2.45, 2.75) is 24.8 Å². The Hall–Kier alpha value is -1.42. The summed E-state index contributed by atoms with van der Waals surface area (Å²) in [5.74, 6) is 2.15. The van der Waals surface area contributed by atoms with E-state index in [9.17, 15) is 0 Å². The van der Waals surface area contributed by atoms with Crippen LogP contribution < -0.4 is 19.9 Å². The van der Waals surface area contributed by atoms with Gasteiger partial charge in [0, 0.05) is 5.54 Å². The van der Waals surface area contributed by atoms with Gasteiger partial charge in [-0.3, -0.25) is 0 Å². The van der Waals surface area contributed by atoms with Gasteiger partial charge in [-0.1, -0.05) is 0 Å². The zero-order valence-electron chi connectivity index (χ0n) is 10.6. The number of hydrogen-bond acceptors (Lipinski definition) is 4. The maximum atomic E-state index is 6.38. The van der Waals surface area contributed by atoms with Crippen LogP contribution in [0.5, 0.6) is 17.2 Å². The lowest BCUT2D eigenvalue weighted by atomic mass is 9.72. The molecule has 1 saturated carbocycles. The third-order valence-corrected chi connectivity index (χ3v) is 3.47. The molecule has 2 N–H and O–H groups in total. The van der Waals surface area contributed by atoms with Gasteiger partial charge in [-0.15, -0.1) is 0 Å². The highest BCUT2D eigenvalue weighted by Gasteiger charge is 2.40. The van der Waals surface area contributed by atoms with Gasteiger partial charge in [0.25, 0.3) is 0 Å². The van der Waals surface area contributed by atoms with Crippen LogP contribution >= 0.6 is 0 Å². The molecule has 0 bridgehead atoms. The van der Waals surface area contributed by atoms with E-state index in [1.54, 1.807) is 21.3 Å². The molecule has 1 aromatic rings. The van der Waals surface area contributed by atoms with Gasteiger partial charge in [0.15, 0.2) is 11.5 Å². The average Bonchev–Trinajstić information content (AvgIpc) is 2.33. The van der Waals surface area contributed by atoms with E-state index in [4.69, 9.17) is 19.9 Å². The van der Waals surface area contributed by atoms with E-state index in [1.807, 2.05) is 12.1 Å². The molecule has 94 valence electrons. The van der Waals surface area contributed by atoms with Crippen LogP contribution in [0.4, 0.5) is 0 Å². The zero-order chi connectivity index (χ0) is 12.5. The normalized spacial score (nSPS) is 17.2. The molecule has 1 aliphatic rings. The molecule has 0 unspecified atom stereocenters. The van der Waals surface area contributed by atoms with Crippen molar-refractivity contribution < 1.29 is 14.2 Å². The fraction of sp³-hybridized carbons (Fsp3) is 0.538. The van der Waals surface area contributed by atoms with E-state index >= 15 is 0 Å². The second kappa shape index (κ2) is 4.45. The lowest BCUT2D eigenvalue weighted by Crippen LogP contribution is -2.43. The fourth-order valence-corrected chi connectivity index (χ4v) is 2.36. The van der Waals surface area contributed by atoms with E-state index in [2.05, 4.69) is 0 Å². The van der Waals surface area contributed by atoms with Crippen LogP contribution in [0, 0.1) is 0 Å². The fourth-order valence-electron chi connectivity index (χ4n) is 2.36. The predicted octanol–water partition coefficient (Wildman–Crippen LogP) is 2.05. The minimum atomic E-state index is -0.342. The van der Waals surface area contributed by atoms with Crippen molar-refractivity contribution >= 4 is 0 Å². The van der Waals surface area contributed by atoms with Gasteiger partial charge >= 0.3 is 0 Å². The van der Waals surface area contributed by atoms with E-state index in [-0.39, 0.29) is 5.54 Å². The molecule has 4 nitrogen and oxygen atoms in total. The molecule has 4 heteroatoms. The molecule has 2 rings (SSSR count). The summed E-state index contributed by atoms with van der Waals surface area (Å²) in [5.41, 5.74) is 6.97. The van der Waals surface area contributed by atoms with Crippen molar-refractivity contribution in [2.24, 2.45) is 5.73 Å². The van der Waals surface area contributed by atoms with E-state index in [0.29, 0.717) is 11.5 Å². The van der Waals surface area contributed by atoms with Crippen molar-refractivity contribution in [3.05, 3.63) is 17.7 Å². The second-order valence-electron chi connectivity index (χ2n) is 4.39. The molecule has 0 amide bonds. The third kappa shape index (κ3) is 1.82. The lowest BCUT2D eigenvalue weighted by molar-refractivity contribution is 0.230. The van der Waals surface area contributed by atoms with E-state index in [1.165, 1.54) is 0 Å². The topological polar surface area (TPSA) is 53.7 Å². The molecule has 0 heterocycles. The average molecular weight is 237 g/mol. The summed E-state index contributed by atoms with van der Waals surface area (Å²) in [5, 5.41) is 0. The molecule has 0 radical (unpaired) electrons. The molecule has 0 atom stereocenters. The number of ether oxygens (including phenoxy) is 3. The van der Waals surface area contributed by atoms with Gasteiger partial charge in [0.05, 0.1) is 26.9 Å². The number of nitrogens with two attached hydrogens (primary N) is 1. The summed E-state index contributed by atoms with van der Waals surface area (Å²) in [7, 11) is 4.90.